The van der Waals surface area contributed by atoms with Gasteiger partial charge in [0.25, 0.3) is 0 Å². The van der Waals surface area contributed by atoms with Crippen molar-refractivity contribution in [3.05, 3.63) is 10.9 Å². The smallest absolute Gasteiger partial charge is 0.227 e. The summed E-state index contributed by atoms with van der Waals surface area (Å²) in [6.07, 6.45) is 1.45. The summed E-state index contributed by atoms with van der Waals surface area (Å²) in [5.74, 6) is 1.48. The molecule has 2 rings (SSSR count). The summed E-state index contributed by atoms with van der Waals surface area (Å²) in [6, 6.07) is 0. The van der Waals surface area contributed by atoms with E-state index >= 15 is 0 Å². The Kier molecular flexibility index (Phi) is 3.51. The highest BCUT2D eigenvalue weighted by Gasteiger charge is 2.31. The maximum Gasteiger partial charge on any atom is 0.227 e. The van der Waals surface area contributed by atoms with Crippen molar-refractivity contribution in [2.75, 3.05) is 21.3 Å². The highest BCUT2D eigenvalue weighted by Crippen LogP contribution is 2.50. The van der Waals surface area contributed by atoms with Gasteiger partial charge in [-0.3, -0.25) is 0 Å². The van der Waals surface area contributed by atoms with Gasteiger partial charge in [-0.25, -0.2) is 0 Å². The van der Waals surface area contributed by atoms with E-state index in [0.717, 1.165) is 0 Å². The van der Waals surface area contributed by atoms with Crippen molar-refractivity contribution in [3.8, 4) is 28.2 Å². The molecule has 0 atom stereocenters. The van der Waals surface area contributed by atoms with Crippen LogP contribution in [0.25, 0.3) is 10.9 Å². The molecule has 0 fully saturated rings. The fraction of sp³-hybridized carbons (Fsp3) is 0.300. The van der Waals surface area contributed by atoms with Crippen LogP contribution in [0.3, 0.4) is 0 Å². The minimum atomic E-state index is -1.62. The fourth-order valence-electron chi connectivity index (χ4n) is 1.66. The van der Waals surface area contributed by atoms with E-state index in [1.807, 2.05) is 0 Å². The number of ether oxygens (including phenoxy) is 3. The maximum absolute atomic E-state index is 6.23. The lowest BCUT2D eigenvalue weighted by atomic mass is 10.2. The van der Waals surface area contributed by atoms with Crippen molar-refractivity contribution >= 4 is 30.4 Å². The largest absolute Gasteiger partial charge is 0.495 e. The first-order valence-electron chi connectivity index (χ1n) is 4.69. The van der Waals surface area contributed by atoms with Crippen LogP contribution in [-0.4, -0.2) is 29.0 Å². The van der Waals surface area contributed by atoms with Gasteiger partial charge in [0.05, 0.1) is 26.0 Å². The molecule has 0 bridgehead atoms. The molecule has 0 radical (unpaired) electrons. The molecule has 0 saturated heterocycles. The third kappa shape index (κ3) is 1.78. The maximum atomic E-state index is 6.23. The average Bonchev–Trinajstić information content (AvgIpc) is 2.60. The zero-order valence-electron chi connectivity index (χ0n) is 9.47. The molecule has 0 amide bonds. The Bertz CT molecular complexity index is 526. The zero-order chi connectivity index (χ0) is 12.6. The van der Waals surface area contributed by atoms with E-state index in [-0.39, 0.29) is 0 Å². The molecule has 2 heterocycles. The minimum Gasteiger partial charge on any atom is -0.495 e. The Balaban J connectivity index is 2.84. The standard InChI is InChI=1S/C10H10Cl2O4Si/c1-13-5-4-16-10-6(7(5)14-2)8(15-3)9(11)17(10)12/h4H,1-3H3. The molecule has 0 aliphatic carbocycles. The van der Waals surface area contributed by atoms with E-state index in [1.165, 1.54) is 27.6 Å². The topological polar surface area (TPSA) is 40.8 Å². The Morgan fingerprint density at radius 2 is 1.76 bits per heavy atom. The van der Waals surface area contributed by atoms with Gasteiger partial charge in [0.2, 0.25) is 7.71 Å². The van der Waals surface area contributed by atoms with E-state index in [1.54, 1.807) is 0 Å². The number of rotatable bonds is 3. The number of fused-ring (bicyclic) bond motifs is 1. The number of methoxy groups -OCH3 is 3. The van der Waals surface area contributed by atoms with Gasteiger partial charge in [-0.2, -0.15) is 0 Å². The molecule has 0 N–H and O–H groups in total. The van der Waals surface area contributed by atoms with Gasteiger partial charge in [0, 0.05) is 0 Å². The summed E-state index contributed by atoms with van der Waals surface area (Å²) in [4.78, 5) is 0. The van der Waals surface area contributed by atoms with Crippen molar-refractivity contribution in [2.45, 2.75) is 0 Å². The molecule has 2 aliphatic rings. The van der Waals surface area contributed by atoms with Crippen molar-refractivity contribution in [2.24, 2.45) is 0 Å². The Morgan fingerprint density at radius 1 is 1.12 bits per heavy atom. The van der Waals surface area contributed by atoms with Gasteiger partial charge < -0.3 is 18.6 Å². The molecule has 0 unspecified atom stereocenters. The van der Waals surface area contributed by atoms with Crippen LogP contribution in [0.4, 0.5) is 0 Å². The molecular weight excluding hydrogens is 283 g/mol. The third-order valence-corrected chi connectivity index (χ3v) is 5.90. The van der Waals surface area contributed by atoms with Gasteiger partial charge in [-0.15, -0.1) is 11.1 Å². The number of hydrogen-bond acceptors (Lipinski definition) is 4. The monoisotopic (exact) mass is 292 g/mol. The van der Waals surface area contributed by atoms with Crippen molar-refractivity contribution in [1.82, 2.24) is 0 Å². The summed E-state index contributed by atoms with van der Waals surface area (Å²) >= 11 is 12.4. The molecule has 0 aromatic heterocycles. The highest BCUT2D eigenvalue weighted by molar-refractivity contribution is 7.09. The third-order valence-electron chi connectivity index (χ3n) is 2.41. The van der Waals surface area contributed by atoms with Crippen molar-refractivity contribution < 1.29 is 18.6 Å². The van der Waals surface area contributed by atoms with E-state index in [9.17, 15) is 0 Å². The van der Waals surface area contributed by atoms with E-state index < -0.39 is 7.71 Å². The quantitative estimate of drug-likeness (QED) is 0.644. The Hall–Kier alpha value is -0.913. The summed E-state index contributed by atoms with van der Waals surface area (Å²) in [7, 11) is 2.97. The lowest BCUT2D eigenvalue weighted by molar-refractivity contribution is 0.337. The Labute approximate surface area is 110 Å². The first-order chi connectivity index (χ1) is 8.15. The molecule has 17 heavy (non-hydrogen) atoms. The first kappa shape index (κ1) is 12.5. The molecule has 0 aromatic rings. The second-order valence-electron chi connectivity index (χ2n) is 3.20. The van der Waals surface area contributed by atoms with E-state index in [0.29, 0.717) is 32.8 Å². The normalized spacial score (nSPS) is 10.6. The van der Waals surface area contributed by atoms with Gasteiger partial charge >= 0.3 is 0 Å². The molecular formula is C10H10Cl2O4Si. The summed E-state index contributed by atoms with van der Waals surface area (Å²) in [5.41, 5.74) is 0.642. The van der Waals surface area contributed by atoms with Crippen LogP contribution in [0.15, 0.2) is 10.7 Å². The first-order valence-corrected chi connectivity index (χ1v) is 7.58. The van der Waals surface area contributed by atoms with Crippen LogP contribution in [0, 0.1) is 0 Å². The SMILES string of the molecule is COc1coc2[si](Cl)c(Cl)c(OC)c-2c1OC. The van der Waals surface area contributed by atoms with Gasteiger partial charge in [0.15, 0.2) is 11.5 Å². The summed E-state index contributed by atoms with van der Waals surface area (Å²) in [5, 5.41) is 0.594. The number of hydrogen-bond donors (Lipinski definition) is 0. The van der Waals surface area contributed by atoms with E-state index in [4.69, 9.17) is 41.3 Å². The van der Waals surface area contributed by atoms with Crippen LogP contribution < -0.4 is 14.2 Å². The molecule has 0 spiro atoms. The molecule has 0 aromatic carbocycles. The van der Waals surface area contributed by atoms with Gasteiger partial charge in [-0.1, -0.05) is 11.6 Å². The average molecular weight is 293 g/mol. The van der Waals surface area contributed by atoms with Crippen LogP contribution >= 0.6 is 22.7 Å². The second-order valence-corrected chi connectivity index (χ2v) is 6.61. The van der Waals surface area contributed by atoms with E-state index in [2.05, 4.69) is 0 Å². The van der Waals surface area contributed by atoms with Gasteiger partial charge in [-0.05, 0) is 0 Å². The molecule has 4 nitrogen and oxygen atoms in total. The van der Waals surface area contributed by atoms with Crippen LogP contribution in [0.5, 0.6) is 17.2 Å². The number of halogens is 2. The minimum absolute atomic E-state index is 0.471. The predicted octanol–water partition coefficient (Wildman–Crippen LogP) is 3.09. The van der Waals surface area contributed by atoms with Crippen molar-refractivity contribution in [3.63, 3.8) is 0 Å². The second kappa shape index (κ2) is 4.76. The van der Waals surface area contributed by atoms with Crippen molar-refractivity contribution in [1.29, 1.82) is 0 Å². The fourth-order valence-corrected chi connectivity index (χ4v) is 4.00. The molecule has 0 saturated carbocycles. The lowest BCUT2D eigenvalue weighted by Gasteiger charge is -2.12. The molecule has 7 heteroatoms. The summed E-state index contributed by atoms with van der Waals surface area (Å²) < 4.78 is 21.6. The molecule has 2 aliphatic heterocycles. The highest BCUT2D eigenvalue weighted by atomic mass is 35.6. The zero-order valence-corrected chi connectivity index (χ0v) is 12.0. The predicted molar refractivity (Wildman–Crippen MR) is 67.2 cm³/mol. The van der Waals surface area contributed by atoms with Crippen LogP contribution in [0.2, 0.25) is 4.63 Å². The Morgan fingerprint density at radius 3 is 2.29 bits per heavy atom. The van der Waals surface area contributed by atoms with Gasteiger partial charge in [0.1, 0.15) is 22.9 Å². The van der Waals surface area contributed by atoms with Crippen LogP contribution in [-0.2, 0) is 0 Å². The van der Waals surface area contributed by atoms with Crippen LogP contribution in [0.1, 0.15) is 0 Å². The lowest BCUT2D eigenvalue weighted by Crippen LogP contribution is -1.95. The molecule has 92 valence electrons. The summed E-state index contributed by atoms with van der Waals surface area (Å²) in [6.45, 7) is 0.